The van der Waals surface area contributed by atoms with Crippen molar-refractivity contribution in [3.05, 3.63) is 23.5 Å². The van der Waals surface area contributed by atoms with Crippen molar-refractivity contribution in [3.63, 3.8) is 0 Å². The van der Waals surface area contributed by atoms with Gasteiger partial charge in [-0.1, -0.05) is 38.0 Å². The van der Waals surface area contributed by atoms with Crippen molar-refractivity contribution in [2.75, 3.05) is 55.4 Å². The third-order valence-electron chi connectivity index (χ3n) is 9.04. The van der Waals surface area contributed by atoms with Crippen LogP contribution < -0.4 is 10.2 Å². The van der Waals surface area contributed by atoms with Gasteiger partial charge in [0.25, 0.3) is 0 Å². The first kappa shape index (κ1) is 40.1. The van der Waals surface area contributed by atoms with Gasteiger partial charge in [-0.2, -0.15) is 13.2 Å². The standard InChI is InChI=1S/C31H51F3N4O8S2/c1-27(2,23-16-25(45-36-23)35-18-29(5,6)48(42,43)22-10-13-44-14-11-22)19-38(26-17-24(37-46-26)28(3,4)21-39)20-30(7,8)47(40,41)15-9-12-31(32,33)34/h16-17,22,35,39H,9-15,18-21H2,1-8H3. The number of nitrogens with zero attached hydrogens (tertiary/aromatic N) is 3. The van der Waals surface area contributed by atoms with Gasteiger partial charge < -0.3 is 29.1 Å². The number of hydrogen-bond acceptors (Lipinski definition) is 12. The van der Waals surface area contributed by atoms with Gasteiger partial charge in [-0.25, -0.2) is 16.8 Å². The molecular formula is C31H51F3N4O8S2. The average molecular weight is 729 g/mol. The molecule has 0 aromatic carbocycles. The SMILES string of the molecule is CC(C)(CN(CC(C)(C)S(=O)(=O)CCCC(F)(F)F)c1cc(C(C)(C)CO)no1)c1cc(NCC(C)(C)S(=O)(=O)C2CCOCC2)on1. The van der Waals surface area contributed by atoms with Gasteiger partial charge in [0, 0.05) is 62.2 Å². The van der Waals surface area contributed by atoms with Crippen molar-refractivity contribution in [1.82, 2.24) is 10.3 Å². The lowest BCUT2D eigenvalue weighted by Gasteiger charge is -2.36. The van der Waals surface area contributed by atoms with E-state index in [0.717, 1.165) is 0 Å². The highest BCUT2D eigenvalue weighted by Crippen LogP contribution is 2.34. The Balaban J connectivity index is 1.84. The molecule has 0 saturated carbocycles. The van der Waals surface area contributed by atoms with Crippen LogP contribution in [0.5, 0.6) is 0 Å². The number of hydrogen-bond donors (Lipinski definition) is 2. The van der Waals surface area contributed by atoms with Crippen molar-refractivity contribution in [2.45, 2.75) is 113 Å². The molecule has 0 unspecified atom stereocenters. The highest BCUT2D eigenvalue weighted by molar-refractivity contribution is 7.93. The summed E-state index contributed by atoms with van der Waals surface area (Å²) >= 11 is 0. The van der Waals surface area contributed by atoms with Crippen molar-refractivity contribution in [2.24, 2.45) is 0 Å². The first-order valence-corrected chi connectivity index (χ1v) is 19.2. The molecule has 0 bridgehead atoms. The zero-order valence-electron chi connectivity index (χ0n) is 29.1. The van der Waals surface area contributed by atoms with Crippen LogP contribution in [-0.2, 0) is 35.2 Å². The van der Waals surface area contributed by atoms with Crippen LogP contribution in [0.25, 0.3) is 0 Å². The van der Waals surface area contributed by atoms with E-state index in [4.69, 9.17) is 13.8 Å². The fraction of sp³-hybridized carbons (Fsp3) is 0.806. The van der Waals surface area contributed by atoms with E-state index in [1.165, 1.54) is 13.8 Å². The van der Waals surface area contributed by atoms with E-state index < -0.39 is 70.0 Å². The summed E-state index contributed by atoms with van der Waals surface area (Å²) in [6.45, 7) is 14.1. The minimum Gasteiger partial charge on any atom is -0.395 e. The predicted octanol–water partition coefficient (Wildman–Crippen LogP) is 5.04. The van der Waals surface area contributed by atoms with Gasteiger partial charge >= 0.3 is 6.18 Å². The first-order chi connectivity index (χ1) is 21.8. The predicted molar refractivity (Wildman–Crippen MR) is 177 cm³/mol. The molecule has 0 amide bonds. The van der Waals surface area contributed by atoms with Gasteiger partial charge in [0.05, 0.1) is 38.5 Å². The van der Waals surface area contributed by atoms with E-state index in [2.05, 4.69) is 15.6 Å². The molecule has 0 aliphatic carbocycles. The van der Waals surface area contributed by atoms with E-state index in [0.29, 0.717) is 37.4 Å². The molecule has 0 atom stereocenters. The molecule has 48 heavy (non-hydrogen) atoms. The summed E-state index contributed by atoms with van der Waals surface area (Å²) in [5.74, 6) is -0.186. The number of rotatable bonds is 17. The van der Waals surface area contributed by atoms with Crippen LogP contribution in [0, 0.1) is 0 Å². The second kappa shape index (κ2) is 14.5. The number of anilines is 2. The van der Waals surface area contributed by atoms with Crippen molar-refractivity contribution >= 4 is 31.4 Å². The molecule has 12 nitrogen and oxygen atoms in total. The van der Waals surface area contributed by atoms with Crippen LogP contribution in [0.3, 0.4) is 0 Å². The number of halogens is 3. The molecule has 3 heterocycles. The maximum Gasteiger partial charge on any atom is 0.389 e. The monoisotopic (exact) mass is 728 g/mol. The third-order valence-corrected chi connectivity index (χ3v) is 14.7. The number of nitrogens with one attached hydrogen (secondary N) is 1. The third kappa shape index (κ3) is 9.65. The van der Waals surface area contributed by atoms with Crippen molar-refractivity contribution in [3.8, 4) is 0 Å². The number of aliphatic hydroxyl groups excluding tert-OH is 1. The molecule has 3 rings (SSSR count). The highest BCUT2D eigenvalue weighted by atomic mass is 32.2. The van der Waals surface area contributed by atoms with Gasteiger partial charge in [0.15, 0.2) is 19.7 Å². The Labute approximate surface area is 282 Å². The fourth-order valence-corrected chi connectivity index (χ4v) is 8.82. The summed E-state index contributed by atoms with van der Waals surface area (Å²) in [6, 6.07) is 3.25. The Morgan fingerprint density at radius 1 is 0.875 bits per heavy atom. The molecule has 276 valence electrons. The fourth-order valence-electron chi connectivity index (χ4n) is 5.40. The molecule has 1 fully saturated rings. The maximum absolute atomic E-state index is 13.4. The van der Waals surface area contributed by atoms with Gasteiger partial charge in [0.1, 0.15) is 0 Å². The van der Waals surface area contributed by atoms with Gasteiger partial charge in [-0.15, -0.1) is 0 Å². The minimum absolute atomic E-state index is 0.0652. The van der Waals surface area contributed by atoms with Crippen LogP contribution in [0.1, 0.15) is 92.5 Å². The zero-order valence-corrected chi connectivity index (χ0v) is 30.7. The van der Waals surface area contributed by atoms with Gasteiger partial charge in [-0.05, 0) is 47.0 Å². The second-order valence-electron chi connectivity index (χ2n) is 15.2. The molecule has 17 heteroatoms. The minimum atomic E-state index is -4.47. The normalized spacial score (nSPS) is 16.3. The van der Waals surface area contributed by atoms with Crippen molar-refractivity contribution < 1.29 is 48.9 Å². The molecular weight excluding hydrogens is 677 g/mol. The van der Waals surface area contributed by atoms with Gasteiger partial charge in [0.2, 0.25) is 11.8 Å². The Morgan fingerprint density at radius 2 is 1.46 bits per heavy atom. The van der Waals surface area contributed by atoms with E-state index in [1.807, 2.05) is 13.8 Å². The lowest BCUT2D eigenvalue weighted by Crippen LogP contribution is -2.49. The quantitative estimate of drug-likeness (QED) is 0.223. The number of aromatic nitrogens is 2. The molecule has 2 aromatic rings. The number of sulfone groups is 2. The molecule has 2 N–H and O–H groups in total. The maximum atomic E-state index is 13.4. The van der Waals surface area contributed by atoms with Crippen LogP contribution >= 0.6 is 0 Å². The summed E-state index contributed by atoms with van der Waals surface area (Å²) in [5.41, 5.74) is -0.676. The molecule has 0 spiro atoms. The highest BCUT2D eigenvalue weighted by Gasteiger charge is 2.42. The van der Waals surface area contributed by atoms with E-state index in [1.54, 1.807) is 44.7 Å². The Hall–Kier alpha value is -2.37. The Morgan fingerprint density at radius 3 is 2.04 bits per heavy atom. The lowest BCUT2D eigenvalue weighted by atomic mass is 9.88. The van der Waals surface area contributed by atoms with E-state index >= 15 is 0 Å². The average Bonchev–Trinajstić information content (AvgIpc) is 3.67. The van der Waals surface area contributed by atoms with Crippen molar-refractivity contribution in [1.29, 1.82) is 0 Å². The number of ether oxygens (including phenoxy) is 1. The Kier molecular flexibility index (Phi) is 12.1. The lowest BCUT2D eigenvalue weighted by molar-refractivity contribution is -0.134. The first-order valence-electron chi connectivity index (χ1n) is 16.0. The zero-order chi connectivity index (χ0) is 36.4. The summed E-state index contributed by atoms with van der Waals surface area (Å²) in [5, 5.41) is 20.7. The number of aliphatic hydroxyl groups is 1. The molecule has 1 aliphatic rings. The van der Waals surface area contributed by atoms with Crippen LogP contribution in [-0.4, -0.2) is 98.4 Å². The van der Waals surface area contributed by atoms with Crippen LogP contribution in [0.15, 0.2) is 21.2 Å². The molecule has 2 aromatic heterocycles. The molecule has 0 radical (unpaired) electrons. The molecule has 1 saturated heterocycles. The van der Waals surface area contributed by atoms with Crippen LogP contribution in [0.2, 0.25) is 0 Å². The largest absolute Gasteiger partial charge is 0.395 e. The summed E-state index contributed by atoms with van der Waals surface area (Å²) in [6.07, 6.45) is -5.34. The topological polar surface area (TPSA) is 165 Å². The number of alkyl halides is 3. The van der Waals surface area contributed by atoms with Crippen LogP contribution in [0.4, 0.5) is 24.9 Å². The summed E-state index contributed by atoms with van der Waals surface area (Å²) in [4.78, 5) is 1.65. The molecule has 1 aliphatic heterocycles. The van der Waals surface area contributed by atoms with E-state index in [9.17, 15) is 35.1 Å². The Bertz CT molecular complexity index is 1580. The summed E-state index contributed by atoms with van der Waals surface area (Å²) < 4.78 is 106. The summed E-state index contributed by atoms with van der Waals surface area (Å²) in [7, 11) is -7.51. The smallest absolute Gasteiger partial charge is 0.389 e. The second-order valence-corrected chi connectivity index (χ2v) is 20.8. The van der Waals surface area contributed by atoms with Gasteiger partial charge in [-0.3, -0.25) is 0 Å². The van der Waals surface area contributed by atoms with E-state index in [-0.39, 0.29) is 38.0 Å².